The molecule has 4 bridgehead atoms. The van der Waals surface area contributed by atoms with E-state index in [0.717, 1.165) is 11.8 Å². The highest BCUT2D eigenvalue weighted by Gasteiger charge is 2.58. The van der Waals surface area contributed by atoms with Crippen LogP contribution in [0.1, 0.15) is 206 Å². The molecule has 1 aromatic heterocycles. The Labute approximate surface area is 747 Å². The van der Waals surface area contributed by atoms with E-state index in [-0.39, 0.29) is 53.9 Å². The molecule has 0 amide bonds. The summed E-state index contributed by atoms with van der Waals surface area (Å²) in [6.45, 7) is 28.4. The molecule has 12 rings (SSSR count). The molecule has 2 aliphatic heterocycles. The van der Waals surface area contributed by atoms with E-state index >= 15 is 0 Å². The van der Waals surface area contributed by atoms with E-state index in [1.165, 1.54) is 132 Å². The summed E-state index contributed by atoms with van der Waals surface area (Å²) in [5, 5.41) is 3.70. The summed E-state index contributed by atoms with van der Waals surface area (Å²) in [5.41, 5.74) is -5.27. The van der Waals surface area contributed by atoms with E-state index in [4.69, 9.17) is 4.74 Å². The average molecular weight is 1890 g/mol. The third-order valence-electron chi connectivity index (χ3n) is 22.6. The van der Waals surface area contributed by atoms with Gasteiger partial charge in [0.05, 0.1) is 85.1 Å². The lowest BCUT2D eigenvalue weighted by Crippen LogP contribution is -2.58. The molecule has 1 unspecified atom stereocenters. The molecule has 6 aliphatic rings. The van der Waals surface area contributed by atoms with Crippen LogP contribution in [0.25, 0.3) is 15.0 Å². The summed E-state index contributed by atoms with van der Waals surface area (Å²) < 4.78 is 188. The van der Waals surface area contributed by atoms with E-state index in [2.05, 4.69) is 137 Å². The molecule has 1 atom stereocenters. The van der Waals surface area contributed by atoms with Crippen molar-refractivity contribution in [3.05, 3.63) is 157 Å². The van der Waals surface area contributed by atoms with Crippen molar-refractivity contribution in [1.82, 2.24) is 0 Å². The van der Waals surface area contributed by atoms with Gasteiger partial charge in [0, 0.05) is 32.8 Å². The van der Waals surface area contributed by atoms with Crippen molar-refractivity contribution >= 4 is 124 Å². The largest absolute Gasteiger partial charge is 0.748 e. The second kappa shape index (κ2) is 50.2. The number of fused-ring (bicyclic) bond motifs is 1. The van der Waals surface area contributed by atoms with Crippen molar-refractivity contribution in [2.45, 2.75) is 232 Å². The van der Waals surface area contributed by atoms with E-state index in [0.29, 0.717) is 74.9 Å². The van der Waals surface area contributed by atoms with Crippen molar-refractivity contribution in [2.75, 3.05) is 78.2 Å². The van der Waals surface area contributed by atoms with Gasteiger partial charge in [-0.3, -0.25) is 19.2 Å². The van der Waals surface area contributed by atoms with Crippen LogP contribution in [0.5, 0.6) is 0 Å². The molecule has 4 aliphatic carbocycles. The third kappa shape index (κ3) is 39.9. The van der Waals surface area contributed by atoms with Crippen LogP contribution in [0.3, 0.4) is 0 Å². The number of carbonyl (C=O) groups is 5. The van der Waals surface area contributed by atoms with Crippen LogP contribution in [0.2, 0.25) is 0 Å². The average Bonchev–Trinajstić information content (AvgIpc) is 1.28. The van der Waals surface area contributed by atoms with Crippen LogP contribution in [-0.4, -0.2) is 171 Å². The number of rotatable bonds is 27. The molecular formula is C91H131F3O22S8. The topological polar surface area (TPSA) is 360 Å². The zero-order chi connectivity index (χ0) is 93.4. The highest BCUT2D eigenvalue weighted by atomic mass is 32.2. The normalized spacial score (nSPS) is 18.7. The molecule has 3 heterocycles. The molecule has 6 aromatic rings. The molecule has 696 valence electrons. The first-order valence-electron chi connectivity index (χ1n) is 42.0. The number of esters is 5. The van der Waals surface area contributed by atoms with Crippen LogP contribution in [-0.2, 0) is 126 Å². The predicted octanol–water partition coefficient (Wildman–Crippen LogP) is 18.2. The fourth-order valence-corrected chi connectivity index (χ4v) is 22.6. The van der Waals surface area contributed by atoms with Crippen LogP contribution in [0.4, 0.5) is 13.2 Å². The summed E-state index contributed by atoms with van der Waals surface area (Å²) in [6.07, 6.45) is 16.1. The Kier molecular flexibility index (Phi) is 44.6. The molecule has 0 N–H and O–H groups in total. The van der Waals surface area contributed by atoms with Crippen molar-refractivity contribution in [3.8, 4) is 4.90 Å². The maximum atomic E-state index is 13.1. The third-order valence-corrected chi connectivity index (χ3v) is 34.1. The maximum absolute atomic E-state index is 13.1. The first kappa shape index (κ1) is 110. The van der Waals surface area contributed by atoms with Gasteiger partial charge in [-0.25, -0.2) is 38.5 Å². The Morgan fingerprint density at radius 1 is 0.427 bits per heavy atom. The molecule has 4 saturated carbocycles. The summed E-state index contributed by atoms with van der Waals surface area (Å²) in [5.74, 6) is 4.84. The first-order valence-corrected chi connectivity index (χ1v) is 54.2. The van der Waals surface area contributed by atoms with Crippen molar-refractivity contribution < 1.29 is 113 Å². The quantitative estimate of drug-likeness (QED) is 0.0200. The SMILES string of the molecule is CC(C)(C)c1ccc(-[s+]2ccc3ccccc32)cc1.CC1(OC(=O)C[S+]2CCCC2)C2CC3CC(C2)CC1C3.CCC(C)(C)C(=O)OCCS(=O)(=O)[O-].CCC(C)(C)C(=O)OCCS(=O)(=O)[O-].CCC(C)(C)C(=O)OCCS(=O)(=O)[O-].CCC(C)(C)C(=O)OCCS(=O)(=O)[O-].FC(F)(F)[S+](c1ccccc1)c1ccccc1.c1ccc([S+]2CCCCC2)cc1. The van der Waals surface area contributed by atoms with Crippen LogP contribution in [0, 0.1) is 45.3 Å². The molecule has 0 radical (unpaired) electrons. The van der Waals surface area contributed by atoms with Crippen molar-refractivity contribution in [3.63, 3.8) is 0 Å². The minimum atomic E-state index is -4.30. The van der Waals surface area contributed by atoms with Gasteiger partial charge in [-0.05, 0) is 258 Å². The molecule has 33 heteroatoms. The van der Waals surface area contributed by atoms with Gasteiger partial charge in [0.15, 0.2) is 35.2 Å². The number of benzene rings is 5. The Bertz CT molecular complexity index is 4420. The van der Waals surface area contributed by atoms with Gasteiger partial charge in [-0.1, -0.05) is 127 Å². The van der Waals surface area contributed by atoms with Crippen molar-refractivity contribution in [1.29, 1.82) is 0 Å². The second-order valence-corrected chi connectivity index (χ2v) is 49.6. The summed E-state index contributed by atoms with van der Waals surface area (Å²) in [7, 11) is -18.0. The molecule has 6 fully saturated rings. The zero-order valence-electron chi connectivity index (χ0n) is 74.7. The van der Waals surface area contributed by atoms with Gasteiger partial charge in [-0.15, -0.1) is 13.2 Å². The predicted molar refractivity (Wildman–Crippen MR) is 486 cm³/mol. The second-order valence-electron chi connectivity index (χ2n) is 35.0. The number of hydrogen-bond donors (Lipinski definition) is 0. The van der Waals surface area contributed by atoms with Crippen molar-refractivity contribution in [2.24, 2.45) is 45.3 Å². The molecule has 2 saturated heterocycles. The van der Waals surface area contributed by atoms with Gasteiger partial charge in [0.2, 0.25) is 5.75 Å². The molecule has 5 aromatic carbocycles. The number of thiophene rings is 1. The highest BCUT2D eigenvalue weighted by molar-refractivity contribution is 7.98. The fourth-order valence-electron chi connectivity index (χ4n) is 13.4. The minimum absolute atomic E-state index is 0.116. The minimum Gasteiger partial charge on any atom is -0.748 e. The van der Waals surface area contributed by atoms with E-state index in [1.54, 1.807) is 96.7 Å². The van der Waals surface area contributed by atoms with Crippen LogP contribution in [0.15, 0.2) is 166 Å². The number of alkyl halides is 3. The van der Waals surface area contributed by atoms with Crippen LogP contribution < -0.4 is 0 Å². The standard InChI is InChI=1S/C18H19S.C17H27O2S.C13H10F3S.C11H15S.4C8H16O5S/c1-18(2,3)15-8-10-16(11-9-15)19-13-12-14-6-4-5-7-17(14)19;1-17(19-16(18)11-20-4-2-3-5-20)14-7-12-6-13(9-14)10-15(17)8-12;14-13(15,16)17(11-7-3-1-4-8-11)12-9-5-2-6-10-12;1-3-7-11(8-4-1)12-9-5-2-6-10-12;4*1-4-8(2,3)7(9)13-5-6-14(10,11)12/h4-13H,1-3H3;12-15H,2-11H2,1H3;1-10H;1,3-4,7-8H,2,5-6,9-10H2;4*4-6H2,1-3H3,(H,10,11,12)/q4*+1;;;;/p-4. The Hall–Kier alpha value is -6.11. The smallest absolute Gasteiger partial charge is 0.586 e. The number of ether oxygens (including phenoxy) is 5. The van der Waals surface area contributed by atoms with E-state index in [1.807, 2.05) is 27.7 Å². The van der Waals surface area contributed by atoms with Gasteiger partial charge >= 0.3 is 35.4 Å². The molecule has 0 spiro atoms. The highest BCUT2D eigenvalue weighted by Crippen LogP contribution is 2.59. The molecule has 22 nitrogen and oxygen atoms in total. The summed E-state index contributed by atoms with van der Waals surface area (Å²) >= 11 is 0. The number of carbonyl (C=O) groups excluding carboxylic acids is 5. The fraction of sp³-hybridized carbons (Fsp3) is 0.593. The summed E-state index contributed by atoms with van der Waals surface area (Å²) in [6, 6.07) is 47.1. The number of halogens is 3. The van der Waals surface area contributed by atoms with Gasteiger partial charge in [-0.2, -0.15) is 0 Å². The summed E-state index contributed by atoms with van der Waals surface area (Å²) in [4.78, 5) is 61.0. The Morgan fingerprint density at radius 2 is 0.758 bits per heavy atom. The van der Waals surface area contributed by atoms with Gasteiger partial charge < -0.3 is 41.9 Å². The van der Waals surface area contributed by atoms with Gasteiger partial charge in [0.1, 0.15) is 60.4 Å². The maximum Gasteiger partial charge on any atom is 0.586 e. The number of hydrogen-bond acceptors (Lipinski definition) is 22. The van der Waals surface area contributed by atoms with Gasteiger partial charge in [0.25, 0.3) is 0 Å². The van der Waals surface area contributed by atoms with E-state index < -0.39 is 125 Å². The first-order chi connectivity index (χ1) is 57.5. The zero-order valence-corrected chi connectivity index (χ0v) is 81.2. The monoisotopic (exact) mass is 1890 g/mol. The molecular weight excluding hydrogens is 1760 g/mol. The van der Waals surface area contributed by atoms with E-state index in [9.17, 15) is 89.0 Å². The van der Waals surface area contributed by atoms with Crippen LogP contribution >= 0.6 is 10.5 Å². The molecule has 124 heavy (non-hydrogen) atoms. The Balaban J connectivity index is 0.000000299. The lowest BCUT2D eigenvalue weighted by Gasteiger charge is -2.58. The lowest BCUT2D eigenvalue weighted by atomic mass is 9.50. The lowest BCUT2D eigenvalue weighted by molar-refractivity contribution is -0.200. The Morgan fingerprint density at radius 3 is 1.09 bits per heavy atom.